The van der Waals surface area contributed by atoms with Gasteiger partial charge in [-0.3, -0.25) is 9.59 Å². The number of ether oxygens (including phenoxy) is 1. The minimum Gasteiger partial charge on any atom is -0.470 e. The Morgan fingerprint density at radius 1 is 1.10 bits per heavy atom. The number of carbonyl (C=O) groups is 2. The Labute approximate surface area is 181 Å². The van der Waals surface area contributed by atoms with Crippen molar-refractivity contribution in [2.75, 3.05) is 13.1 Å². The summed E-state index contributed by atoms with van der Waals surface area (Å²) in [6.45, 7) is 3.11. The average molecular weight is 419 g/mol. The Hall–Kier alpha value is -3.61. The Bertz CT molecular complexity index is 995. The number of benzene rings is 1. The van der Waals surface area contributed by atoms with Crippen molar-refractivity contribution in [2.24, 2.45) is 0 Å². The molecular formula is C24H25N3O4. The Morgan fingerprint density at radius 2 is 1.87 bits per heavy atom. The summed E-state index contributed by atoms with van der Waals surface area (Å²) in [6.07, 6.45) is 4.27. The predicted octanol–water partition coefficient (Wildman–Crippen LogP) is 3.85. The molecule has 1 aromatic carbocycles. The minimum atomic E-state index is -0.175. The fourth-order valence-corrected chi connectivity index (χ4v) is 3.61. The molecular weight excluding hydrogens is 394 g/mol. The fraction of sp³-hybridized carbons (Fsp3) is 0.292. The second kappa shape index (κ2) is 9.47. The van der Waals surface area contributed by atoms with E-state index in [0.717, 1.165) is 5.56 Å². The molecule has 1 aliphatic rings. The van der Waals surface area contributed by atoms with Gasteiger partial charge in [-0.15, -0.1) is 0 Å². The van der Waals surface area contributed by atoms with E-state index in [-0.39, 0.29) is 24.0 Å². The summed E-state index contributed by atoms with van der Waals surface area (Å²) in [4.78, 5) is 30.9. The molecule has 0 unspecified atom stereocenters. The van der Waals surface area contributed by atoms with Gasteiger partial charge in [-0.25, -0.2) is 4.98 Å². The molecule has 0 aliphatic carbocycles. The van der Waals surface area contributed by atoms with Crippen molar-refractivity contribution >= 4 is 11.8 Å². The van der Waals surface area contributed by atoms with Gasteiger partial charge in [0.15, 0.2) is 5.76 Å². The molecule has 4 rings (SSSR count). The highest BCUT2D eigenvalue weighted by Crippen LogP contribution is 2.20. The highest BCUT2D eigenvalue weighted by atomic mass is 16.5. The van der Waals surface area contributed by atoms with Crippen molar-refractivity contribution in [1.29, 1.82) is 0 Å². The molecule has 1 atom stereocenters. The lowest BCUT2D eigenvalue weighted by Gasteiger charge is -2.31. The molecule has 1 saturated heterocycles. The van der Waals surface area contributed by atoms with Gasteiger partial charge in [-0.2, -0.15) is 0 Å². The lowest BCUT2D eigenvalue weighted by atomic mass is 10.0. The lowest BCUT2D eigenvalue weighted by molar-refractivity contribution is 0.0667. The fourth-order valence-electron chi connectivity index (χ4n) is 3.61. The van der Waals surface area contributed by atoms with E-state index in [4.69, 9.17) is 9.15 Å². The Kier molecular flexibility index (Phi) is 6.31. The monoisotopic (exact) mass is 419 g/mol. The molecule has 3 heterocycles. The van der Waals surface area contributed by atoms with Crippen LogP contribution in [0.3, 0.4) is 0 Å². The van der Waals surface area contributed by atoms with Gasteiger partial charge < -0.3 is 19.4 Å². The number of likely N-dealkylation sites (tertiary alicyclic amines) is 1. The number of aromatic nitrogens is 1. The van der Waals surface area contributed by atoms with Crippen LogP contribution in [0.5, 0.6) is 5.88 Å². The predicted molar refractivity (Wildman–Crippen MR) is 115 cm³/mol. The largest absolute Gasteiger partial charge is 0.470 e. The number of amides is 2. The topological polar surface area (TPSA) is 84.7 Å². The van der Waals surface area contributed by atoms with E-state index in [1.807, 2.05) is 37.3 Å². The van der Waals surface area contributed by atoms with E-state index < -0.39 is 0 Å². The Balaban J connectivity index is 1.27. The van der Waals surface area contributed by atoms with Crippen LogP contribution < -0.4 is 10.1 Å². The van der Waals surface area contributed by atoms with Crippen LogP contribution in [0.25, 0.3) is 0 Å². The summed E-state index contributed by atoms with van der Waals surface area (Å²) in [6, 6.07) is 16.7. The molecule has 0 bridgehead atoms. The van der Waals surface area contributed by atoms with Gasteiger partial charge in [0.2, 0.25) is 5.88 Å². The van der Waals surface area contributed by atoms with Gasteiger partial charge >= 0.3 is 0 Å². The number of nitrogens with one attached hydrogen (secondary N) is 1. The van der Waals surface area contributed by atoms with Crippen LogP contribution in [-0.4, -0.2) is 40.8 Å². The van der Waals surface area contributed by atoms with Crippen LogP contribution in [0.1, 0.15) is 52.3 Å². The maximum absolute atomic E-state index is 12.6. The van der Waals surface area contributed by atoms with E-state index in [9.17, 15) is 9.59 Å². The van der Waals surface area contributed by atoms with Crippen LogP contribution in [0.15, 0.2) is 71.5 Å². The first kappa shape index (κ1) is 20.7. The average Bonchev–Trinajstić information content (AvgIpc) is 3.35. The zero-order valence-corrected chi connectivity index (χ0v) is 17.4. The Morgan fingerprint density at radius 3 is 2.52 bits per heavy atom. The summed E-state index contributed by atoms with van der Waals surface area (Å²) in [5, 5.41) is 3.03. The number of nitrogens with zero attached hydrogens (tertiary/aromatic N) is 2. The summed E-state index contributed by atoms with van der Waals surface area (Å²) in [7, 11) is 0. The molecule has 160 valence electrons. The molecule has 1 fully saturated rings. The van der Waals surface area contributed by atoms with Gasteiger partial charge in [0.05, 0.1) is 11.8 Å². The molecule has 7 nitrogen and oxygen atoms in total. The molecule has 1 N–H and O–H groups in total. The standard InChI is InChI=1S/C24H25N3O4/c1-17(18-6-3-2-4-7-18)31-22-10-9-19(16-25-22)23(28)26-20-11-13-27(14-12-20)24(29)21-8-5-15-30-21/h2-10,15-17,20H,11-14H2,1H3,(H,26,28)/t17-/m1/s1. The van der Waals surface area contributed by atoms with Gasteiger partial charge in [-0.1, -0.05) is 30.3 Å². The maximum atomic E-state index is 12.6. The van der Waals surface area contributed by atoms with Crippen LogP contribution in [0.2, 0.25) is 0 Å². The molecule has 7 heteroatoms. The number of piperidine rings is 1. The molecule has 2 aromatic heterocycles. The number of carbonyl (C=O) groups excluding carboxylic acids is 2. The van der Waals surface area contributed by atoms with Crippen molar-refractivity contribution in [2.45, 2.75) is 31.9 Å². The first-order valence-corrected chi connectivity index (χ1v) is 10.4. The van der Waals surface area contributed by atoms with Crippen LogP contribution in [-0.2, 0) is 0 Å². The highest BCUT2D eigenvalue weighted by Gasteiger charge is 2.26. The molecule has 1 aliphatic heterocycles. The summed E-state index contributed by atoms with van der Waals surface area (Å²) in [5.41, 5.74) is 1.54. The third kappa shape index (κ3) is 5.12. The zero-order valence-electron chi connectivity index (χ0n) is 17.4. The molecule has 0 radical (unpaired) electrons. The van der Waals surface area contributed by atoms with E-state index in [2.05, 4.69) is 10.3 Å². The van der Waals surface area contributed by atoms with Gasteiger partial charge in [-0.05, 0) is 43.5 Å². The molecule has 31 heavy (non-hydrogen) atoms. The van der Waals surface area contributed by atoms with Crippen molar-refractivity contribution in [1.82, 2.24) is 15.2 Å². The van der Waals surface area contributed by atoms with Gasteiger partial charge in [0.25, 0.3) is 11.8 Å². The molecule has 0 saturated carbocycles. The smallest absolute Gasteiger partial charge is 0.289 e. The van der Waals surface area contributed by atoms with E-state index in [1.165, 1.54) is 12.5 Å². The van der Waals surface area contributed by atoms with Crippen LogP contribution in [0, 0.1) is 0 Å². The second-order valence-corrected chi connectivity index (χ2v) is 7.57. The van der Waals surface area contributed by atoms with Crippen molar-refractivity contribution in [3.8, 4) is 5.88 Å². The number of hydrogen-bond acceptors (Lipinski definition) is 5. The van der Waals surface area contributed by atoms with E-state index in [0.29, 0.717) is 43.1 Å². The first-order valence-electron chi connectivity index (χ1n) is 10.4. The first-order chi connectivity index (χ1) is 15.1. The third-order valence-electron chi connectivity index (χ3n) is 5.41. The number of hydrogen-bond donors (Lipinski definition) is 1. The second-order valence-electron chi connectivity index (χ2n) is 7.57. The quantitative estimate of drug-likeness (QED) is 0.656. The third-order valence-corrected chi connectivity index (χ3v) is 5.41. The SMILES string of the molecule is C[C@@H](Oc1ccc(C(=O)NC2CCN(C(=O)c3ccco3)CC2)cn1)c1ccccc1. The number of rotatable bonds is 6. The molecule has 3 aromatic rings. The minimum absolute atomic E-state index is 0.0159. The molecule has 2 amide bonds. The van der Waals surface area contributed by atoms with E-state index in [1.54, 1.807) is 29.2 Å². The molecule has 0 spiro atoms. The van der Waals surface area contributed by atoms with Crippen molar-refractivity contribution in [3.63, 3.8) is 0 Å². The maximum Gasteiger partial charge on any atom is 0.289 e. The van der Waals surface area contributed by atoms with Crippen molar-refractivity contribution < 1.29 is 18.7 Å². The normalized spacial score (nSPS) is 15.3. The summed E-state index contributed by atoms with van der Waals surface area (Å²) < 4.78 is 11.0. The lowest BCUT2D eigenvalue weighted by Crippen LogP contribution is -2.46. The van der Waals surface area contributed by atoms with E-state index >= 15 is 0 Å². The van der Waals surface area contributed by atoms with Crippen LogP contribution in [0.4, 0.5) is 0 Å². The van der Waals surface area contributed by atoms with Gasteiger partial charge in [0.1, 0.15) is 6.10 Å². The number of pyridine rings is 1. The van der Waals surface area contributed by atoms with Gasteiger partial charge in [0, 0.05) is 31.4 Å². The van der Waals surface area contributed by atoms with Crippen molar-refractivity contribution in [3.05, 3.63) is 83.9 Å². The highest BCUT2D eigenvalue weighted by molar-refractivity contribution is 5.94. The number of furan rings is 1. The zero-order chi connectivity index (χ0) is 21.6. The summed E-state index contributed by atoms with van der Waals surface area (Å²) >= 11 is 0. The summed E-state index contributed by atoms with van der Waals surface area (Å²) in [5.74, 6) is 0.528. The van der Waals surface area contributed by atoms with Crippen LogP contribution >= 0.6 is 0 Å².